The van der Waals surface area contributed by atoms with Gasteiger partial charge in [0.15, 0.2) is 5.17 Å². The van der Waals surface area contributed by atoms with Crippen LogP contribution >= 0.6 is 11.8 Å². The van der Waals surface area contributed by atoms with Gasteiger partial charge in [0, 0.05) is 19.0 Å². The van der Waals surface area contributed by atoms with Gasteiger partial charge in [-0.3, -0.25) is 9.78 Å². The van der Waals surface area contributed by atoms with E-state index in [9.17, 15) is 9.59 Å². The lowest BCUT2D eigenvalue weighted by molar-refractivity contribution is -0.141. The Hall–Kier alpha value is -3.43. The molecule has 4 rings (SSSR count). The highest BCUT2D eigenvalue weighted by molar-refractivity contribution is 8.16. The smallest absolute Gasteiger partial charge is 0.338 e. The van der Waals surface area contributed by atoms with E-state index in [4.69, 9.17) is 14.5 Å². The number of amidine groups is 1. The molecule has 37 heavy (non-hydrogen) atoms. The van der Waals surface area contributed by atoms with Crippen LogP contribution in [0.1, 0.15) is 56.0 Å². The number of methoxy groups -OCH3 is 1. The Labute approximate surface area is 221 Å². The van der Waals surface area contributed by atoms with Gasteiger partial charge in [-0.1, -0.05) is 55.9 Å². The van der Waals surface area contributed by atoms with E-state index in [-0.39, 0.29) is 18.9 Å². The summed E-state index contributed by atoms with van der Waals surface area (Å²) < 4.78 is 10.6. The van der Waals surface area contributed by atoms with Crippen LogP contribution in [0.2, 0.25) is 0 Å². The maximum Gasteiger partial charge on any atom is 0.338 e. The molecule has 0 saturated heterocycles. The van der Waals surface area contributed by atoms with Crippen LogP contribution in [0.5, 0.6) is 0 Å². The van der Waals surface area contributed by atoms with Crippen molar-refractivity contribution < 1.29 is 19.1 Å². The highest BCUT2D eigenvalue weighted by Gasteiger charge is 2.41. The molecule has 2 aliphatic rings. The highest BCUT2D eigenvalue weighted by Crippen LogP contribution is 2.45. The summed E-state index contributed by atoms with van der Waals surface area (Å²) >= 11 is 1.45. The van der Waals surface area contributed by atoms with E-state index in [1.54, 1.807) is 13.3 Å². The summed E-state index contributed by atoms with van der Waals surface area (Å²) in [4.78, 5) is 37.1. The predicted octanol–water partition coefficient (Wildman–Crippen LogP) is 4.68. The number of esters is 1. The number of aliphatic imine (C=N–C) groups is 1. The van der Waals surface area contributed by atoms with Crippen molar-refractivity contribution in [2.45, 2.75) is 45.7 Å². The van der Waals surface area contributed by atoms with Gasteiger partial charge in [0.1, 0.15) is 6.61 Å². The first kappa shape index (κ1) is 26.6. The zero-order valence-corrected chi connectivity index (χ0v) is 22.4. The molecule has 0 saturated carbocycles. The van der Waals surface area contributed by atoms with Crippen LogP contribution < -0.4 is 5.32 Å². The monoisotopic (exact) mass is 520 g/mol. The summed E-state index contributed by atoms with van der Waals surface area (Å²) in [5.41, 5.74) is 4.76. The number of carbonyl (C=O) groups is 2. The topological polar surface area (TPSA) is 93.1 Å². The van der Waals surface area contributed by atoms with Crippen molar-refractivity contribution >= 4 is 28.8 Å². The number of aromatic nitrogens is 1. The molecule has 3 heterocycles. The minimum absolute atomic E-state index is 0.136. The number of allylic oxidation sites excluding steroid dienone is 1. The molecule has 2 aliphatic heterocycles. The number of thioether (sulfide) groups is 1. The number of hydrogen-bond acceptors (Lipinski definition) is 8. The van der Waals surface area contributed by atoms with Crippen molar-refractivity contribution in [3.05, 3.63) is 87.9 Å². The molecular weight excluding hydrogens is 488 g/mol. The molecular formula is C28H32N4O4S. The molecule has 0 fully saturated rings. The molecule has 8 nitrogen and oxygen atoms in total. The molecule has 0 unspecified atom stereocenters. The summed E-state index contributed by atoms with van der Waals surface area (Å²) in [6.07, 6.45) is 1.84. The van der Waals surface area contributed by atoms with Crippen molar-refractivity contribution in [3.8, 4) is 0 Å². The van der Waals surface area contributed by atoms with E-state index in [1.165, 1.54) is 17.3 Å². The van der Waals surface area contributed by atoms with Crippen molar-refractivity contribution in [1.82, 2.24) is 15.2 Å². The second-order valence-corrected chi connectivity index (χ2v) is 9.95. The van der Waals surface area contributed by atoms with Crippen LogP contribution in [0, 0.1) is 0 Å². The normalized spacial score (nSPS) is 16.9. The fourth-order valence-electron chi connectivity index (χ4n) is 4.22. The Morgan fingerprint density at radius 2 is 1.92 bits per heavy atom. The van der Waals surface area contributed by atoms with E-state index in [1.807, 2.05) is 47.6 Å². The number of amides is 1. The second-order valence-electron chi connectivity index (χ2n) is 9.12. The summed E-state index contributed by atoms with van der Waals surface area (Å²) in [5.74, 6) is -0.191. The molecule has 0 bridgehead atoms. The molecule has 1 aromatic carbocycles. The number of ether oxygens (including phenoxy) is 2. The van der Waals surface area contributed by atoms with Crippen molar-refractivity contribution in [2.75, 3.05) is 20.3 Å². The quantitative estimate of drug-likeness (QED) is 0.359. The molecule has 0 spiro atoms. The lowest BCUT2D eigenvalue weighted by Gasteiger charge is -2.36. The first-order valence-corrected chi connectivity index (χ1v) is 13.1. The Bertz CT molecular complexity index is 1220. The van der Waals surface area contributed by atoms with Gasteiger partial charge in [-0.2, -0.15) is 0 Å². The average Bonchev–Trinajstić information content (AvgIpc) is 3.29. The minimum atomic E-state index is -0.464. The summed E-state index contributed by atoms with van der Waals surface area (Å²) in [6.45, 7) is 6.91. The summed E-state index contributed by atoms with van der Waals surface area (Å²) in [6, 6.07) is 13.4. The van der Waals surface area contributed by atoms with Crippen molar-refractivity contribution in [1.29, 1.82) is 0 Å². The molecule has 0 aliphatic carbocycles. The molecule has 194 valence electrons. The summed E-state index contributed by atoms with van der Waals surface area (Å²) in [5, 5.41) is 5.60. The number of benzene rings is 1. The standard InChI is InChI=1S/C28H32N4O4S/c1-18(2)20-8-10-21(11-9-20)26-25(27(34)36-14-13-35-4)19(3)31-28-32(26)23(17-37-28)15-24(33)30-16-22-7-5-6-12-29-22/h5-12,17-18,26H,13-16H2,1-4H3,(H,30,33)/t26-/m0/s1. The Morgan fingerprint density at radius 3 is 2.59 bits per heavy atom. The number of carbonyl (C=O) groups excluding carboxylic acids is 2. The predicted molar refractivity (Wildman–Crippen MR) is 144 cm³/mol. The third-order valence-electron chi connectivity index (χ3n) is 6.19. The fraction of sp³-hybridized carbons (Fsp3) is 0.357. The molecule has 1 N–H and O–H groups in total. The highest BCUT2D eigenvalue weighted by atomic mass is 32.2. The molecule has 1 atom stereocenters. The maximum absolute atomic E-state index is 13.3. The van der Waals surface area contributed by atoms with Gasteiger partial charge in [-0.25, -0.2) is 9.79 Å². The second kappa shape index (κ2) is 12.2. The van der Waals surface area contributed by atoms with Crippen LogP contribution in [0.25, 0.3) is 0 Å². The molecule has 9 heteroatoms. The third-order valence-corrected chi connectivity index (χ3v) is 7.08. The van der Waals surface area contributed by atoms with Crippen LogP contribution in [0.3, 0.4) is 0 Å². The Balaban J connectivity index is 1.61. The van der Waals surface area contributed by atoms with Crippen molar-refractivity contribution in [3.63, 3.8) is 0 Å². The largest absolute Gasteiger partial charge is 0.460 e. The Kier molecular flexibility index (Phi) is 8.78. The van der Waals surface area contributed by atoms with Gasteiger partial charge in [0.2, 0.25) is 5.91 Å². The van der Waals surface area contributed by atoms with Gasteiger partial charge in [-0.05, 0) is 41.5 Å². The van der Waals surface area contributed by atoms with Gasteiger partial charge in [0.05, 0.1) is 42.6 Å². The maximum atomic E-state index is 13.3. The zero-order valence-electron chi connectivity index (χ0n) is 21.6. The number of nitrogens with zero attached hydrogens (tertiary/aromatic N) is 3. The van der Waals surface area contributed by atoms with E-state index >= 15 is 0 Å². The molecule has 0 radical (unpaired) electrons. The number of hydrogen-bond donors (Lipinski definition) is 1. The number of rotatable bonds is 10. The van der Waals surface area contributed by atoms with Gasteiger partial charge >= 0.3 is 5.97 Å². The molecule has 1 aromatic heterocycles. The lowest BCUT2D eigenvalue weighted by Crippen LogP contribution is -2.38. The third kappa shape index (κ3) is 6.29. The fourth-order valence-corrected chi connectivity index (χ4v) is 5.19. The SMILES string of the molecule is COCCOC(=O)C1=C(C)N=C2SC=C(CC(=O)NCc3ccccn3)N2[C@H]1c1ccc(C(C)C)cc1. The number of nitrogens with one attached hydrogen (secondary N) is 1. The Morgan fingerprint density at radius 1 is 1.14 bits per heavy atom. The van der Waals surface area contributed by atoms with Crippen LogP contribution in [0.4, 0.5) is 0 Å². The van der Waals surface area contributed by atoms with Crippen LogP contribution in [0.15, 0.2) is 76.0 Å². The zero-order chi connectivity index (χ0) is 26.4. The van der Waals surface area contributed by atoms with Crippen molar-refractivity contribution in [2.24, 2.45) is 4.99 Å². The first-order valence-electron chi connectivity index (χ1n) is 12.3. The first-order chi connectivity index (χ1) is 17.9. The number of fused-ring (bicyclic) bond motifs is 1. The van der Waals surface area contributed by atoms with Crippen LogP contribution in [-0.2, 0) is 25.6 Å². The lowest BCUT2D eigenvalue weighted by atomic mass is 9.92. The van der Waals surface area contributed by atoms with E-state index in [0.717, 1.165) is 22.1 Å². The molecule has 1 amide bonds. The van der Waals surface area contributed by atoms with E-state index in [0.29, 0.717) is 30.3 Å². The van der Waals surface area contributed by atoms with Gasteiger partial charge in [0.25, 0.3) is 0 Å². The van der Waals surface area contributed by atoms with E-state index < -0.39 is 12.0 Å². The molecule has 2 aromatic rings. The minimum Gasteiger partial charge on any atom is -0.460 e. The summed E-state index contributed by atoms with van der Waals surface area (Å²) in [7, 11) is 1.56. The number of pyridine rings is 1. The van der Waals surface area contributed by atoms with Crippen LogP contribution in [-0.4, -0.2) is 47.3 Å². The average molecular weight is 521 g/mol. The van der Waals surface area contributed by atoms with Gasteiger partial charge in [-0.15, -0.1) is 0 Å². The van der Waals surface area contributed by atoms with E-state index in [2.05, 4.69) is 36.3 Å². The van der Waals surface area contributed by atoms with Gasteiger partial charge < -0.3 is 19.7 Å².